The molecule has 1 aliphatic carbocycles. The van der Waals surface area contributed by atoms with Crippen molar-refractivity contribution in [1.29, 1.82) is 0 Å². The summed E-state index contributed by atoms with van der Waals surface area (Å²) in [4.78, 5) is 11.9. The minimum atomic E-state index is -0.635. The number of aryl methyl sites for hydroxylation is 1. The van der Waals surface area contributed by atoms with Crippen LogP contribution in [0.3, 0.4) is 0 Å². The number of amides is 1. The lowest BCUT2D eigenvalue weighted by atomic mass is 9.93. The monoisotopic (exact) mass is 259 g/mol. The van der Waals surface area contributed by atoms with Crippen molar-refractivity contribution in [2.45, 2.75) is 32.3 Å². The molecule has 0 aromatic heterocycles. The van der Waals surface area contributed by atoms with Crippen LogP contribution in [0, 0.1) is 12.8 Å². The number of nitrogens with one attached hydrogen (secondary N) is 1. The zero-order valence-electron chi connectivity index (χ0n) is 11.3. The van der Waals surface area contributed by atoms with Crippen LogP contribution >= 0.6 is 0 Å². The Morgan fingerprint density at radius 2 is 2.11 bits per heavy atom. The summed E-state index contributed by atoms with van der Waals surface area (Å²) in [7, 11) is 0. The van der Waals surface area contributed by atoms with Crippen LogP contribution in [0.1, 0.15) is 36.5 Å². The van der Waals surface area contributed by atoms with Crippen molar-refractivity contribution in [2.75, 3.05) is 6.54 Å². The Hall–Kier alpha value is -1.61. The molecule has 0 heterocycles. The van der Waals surface area contributed by atoms with Gasteiger partial charge in [0.1, 0.15) is 0 Å². The summed E-state index contributed by atoms with van der Waals surface area (Å²) in [5.74, 6) is 0.116. The first kappa shape index (κ1) is 13.8. The molecule has 19 heavy (non-hydrogen) atoms. The van der Waals surface area contributed by atoms with Crippen LogP contribution < -0.4 is 5.32 Å². The molecular formula is C16H21NO2. The van der Waals surface area contributed by atoms with E-state index in [1.54, 1.807) is 0 Å². The Morgan fingerprint density at radius 1 is 1.37 bits per heavy atom. The molecule has 2 N–H and O–H groups in total. The highest BCUT2D eigenvalue weighted by Gasteiger charge is 2.19. The van der Waals surface area contributed by atoms with E-state index < -0.39 is 6.10 Å². The number of hydrogen-bond acceptors (Lipinski definition) is 2. The van der Waals surface area contributed by atoms with E-state index in [1.807, 2.05) is 31.2 Å². The number of benzene rings is 1. The molecule has 1 amide bonds. The molecule has 0 aliphatic heterocycles. The standard InChI is InChI=1S/C16H21NO2/c1-12-7-9-13(10-8-12)15(18)11-17-16(19)14-5-3-2-4-6-14/h2-3,7-10,14-15,18H,4-6,11H2,1H3,(H,17,19)/t14-,15+/m0/s1. The summed E-state index contributed by atoms with van der Waals surface area (Å²) in [6.07, 6.45) is 6.23. The molecule has 3 heteroatoms. The number of aliphatic hydroxyl groups excluding tert-OH is 1. The highest BCUT2D eigenvalue weighted by Crippen LogP contribution is 2.18. The molecule has 1 aromatic rings. The molecule has 2 rings (SSSR count). The largest absolute Gasteiger partial charge is 0.387 e. The van der Waals surface area contributed by atoms with Crippen LogP contribution in [0.25, 0.3) is 0 Å². The second-order valence-electron chi connectivity index (χ2n) is 5.15. The van der Waals surface area contributed by atoms with Crippen LogP contribution in [-0.2, 0) is 4.79 Å². The molecular weight excluding hydrogens is 238 g/mol. The van der Waals surface area contributed by atoms with Gasteiger partial charge in [-0.15, -0.1) is 0 Å². The van der Waals surface area contributed by atoms with Gasteiger partial charge in [-0.1, -0.05) is 42.0 Å². The topological polar surface area (TPSA) is 49.3 Å². The molecule has 0 saturated carbocycles. The van der Waals surface area contributed by atoms with E-state index in [9.17, 15) is 9.90 Å². The van der Waals surface area contributed by atoms with Gasteiger partial charge in [-0.2, -0.15) is 0 Å². The molecule has 1 aliphatic rings. The SMILES string of the molecule is Cc1ccc([C@H](O)CNC(=O)[C@H]2CC=CCC2)cc1. The number of aliphatic hydroxyl groups is 1. The minimum absolute atomic E-state index is 0.0514. The van der Waals surface area contributed by atoms with Crippen molar-refractivity contribution < 1.29 is 9.90 Å². The summed E-state index contributed by atoms with van der Waals surface area (Å²) < 4.78 is 0. The molecule has 0 fully saturated rings. The molecule has 0 radical (unpaired) electrons. The zero-order chi connectivity index (χ0) is 13.7. The van der Waals surface area contributed by atoms with Gasteiger partial charge in [0.05, 0.1) is 6.10 Å². The highest BCUT2D eigenvalue weighted by molar-refractivity contribution is 5.79. The van der Waals surface area contributed by atoms with Crippen molar-refractivity contribution in [2.24, 2.45) is 5.92 Å². The van der Waals surface area contributed by atoms with E-state index in [2.05, 4.69) is 17.5 Å². The first-order chi connectivity index (χ1) is 9.16. The number of carbonyl (C=O) groups is 1. The van der Waals surface area contributed by atoms with Gasteiger partial charge >= 0.3 is 0 Å². The lowest BCUT2D eigenvalue weighted by Crippen LogP contribution is -2.34. The highest BCUT2D eigenvalue weighted by atomic mass is 16.3. The van der Waals surface area contributed by atoms with Crippen molar-refractivity contribution in [3.8, 4) is 0 Å². The predicted octanol–water partition coefficient (Wildman–Crippen LogP) is 2.50. The minimum Gasteiger partial charge on any atom is -0.387 e. The maximum Gasteiger partial charge on any atom is 0.223 e. The van der Waals surface area contributed by atoms with Crippen molar-refractivity contribution >= 4 is 5.91 Å². The van der Waals surface area contributed by atoms with Crippen molar-refractivity contribution in [3.05, 3.63) is 47.5 Å². The Morgan fingerprint density at radius 3 is 2.74 bits per heavy atom. The molecule has 0 bridgehead atoms. The normalized spacial score (nSPS) is 20.0. The van der Waals surface area contributed by atoms with Crippen LogP contribution in [0.4, 0.5) is 0 Å². The van der Waals surface area contributed by atoms with Crippen molar-refractivity contribution in [1.82, 2.24) is 5.32 Å². The molecule has 0 saturated heterocycles. The van der Waals surface area contributed by atoms with Crippen LogP contribution in [0.15, 0.2) is 36.4 Å². The Labute approximate surface area is 114 Å². The third kappa shape index (κ3) is 3.93. The quantitative estimate of drug-likeness (QED) is 0.816. The van der Waals surface area contributed by atoms with E-state index in [-0.39, 0.29) is 18.4 Å². The van der Waals surface area contributed by atoms with Crippen LogP contribution in [-0.4, -0.2) is 17.6 Å². The van der Waals surface area contributed by atoms with Gasteiger partial charge in [-0.05, 0) is 31.7 Å². The van der Waals surface area contributed by atoms with Gasteiger partial charge in [0, 0.05) is 12.5 Å². The first-order valence-electron chi connectivity index (χ1n) is 6.84. The molecule has 0 spiro atoms. The van der Waals surface area contributed by atoms with E-state index in [4.69, 9.17) is 0 Å². The fourth-order valence-corrected chi connectivity index (χ4v) is 2.28. The van der Waals surface area contributed by atoms with E-state index in [0.29, 0.717) is 0 Å². The second-order valence-corrected chi connectivity index (χ2v) is 5.15. The molecule has 1 aromatic carbocycles. The number of hydrogen-bond donors (Lipinski definition) is 2. The van der Waals surface area contributed by atoms with Gasteiger partial charge in [-0.25, -0.2) is 0 Å². The maximum absolute atomic E-state index is 11.9. The van der Waals surface area contributed by atoms with Gasteiger partial charge in [0.2, 0.25) is 5.91 Å². The van der Waals surface area contributed by atoms with Gasteiger partial charge in [0.15, 0.2) is 0 Å². The number of carbonyl (C=O) groups excluding carboxylic acids is 1. The summed E-state index contributed by atoms with van der Waals surface area (Å²) in [6.45, 7) is 2.29. The van der Waals surface area contributed by atoms with E-state index in [0.717, 1.165) is 30.4 Å². The van der Waals surface area contributed by atoms with Gasteiger partial charge < -0.3 is 10.4 Å². The summed E-state index contributed by atoms with van der Waals surface area (Å²) in [5.41, 5.74) is 2.00. The Balaban J connectivity index is 1.82. The summed E-state index contributed by atoms with van der Waals surface area (Å²) >= 11 is 0. The average Bonchev–Trinajstić information content (AvgIpc) is 2.46. The fourth-order valence-electron chi connectivity index (χ4n) is 2.28. The van der Waals surface area contributed by atoms with Crippen molar-refractivity contribution in [3.63, 3.8) is 0 Å². The predicted molar refractivity (Wildman–Crippen MR) is 75.6 cm³/mol. The molecule has 2 atom stereocenters. The summed E-state index contributed by atoms with van der Waals surface area (Å²) in [5, 5.41) is 12.9. The number of rotatable bonds is 4. The average molecular weight is 259 g/mol. The van der Waals surface area contributed by atoms with Gasteiger partial charge in [-0.3, -0.25) is 4.79 Å². The summed E-state index contributed by atoms with van der Waals surface area (Å²) in [6, 6.07) is 7.73. The third-order valence-corrected chi connectivity index (χ3v) is 3.57. The number of allylic oxidation sites excluding steroid dienone is 2. The molecule has 102 valence electrons. The van der Waals surface area contributed by atoms with Gasteiger partial charge in [0.25, 0.3) is 0 Å². The zero-order valence-corrected chi connectivity index (χ0v) is 11.3. The molecule has 0 unspecified atom stereocenters. The first-order valence-corrected chi connectivity index (χ1v) is 6.84. The lowest BCUT2D eigenvalue weighted by molar-refractivity contribution is -0.125. The Kier molecular flexibility index (Phi) is 4.74. The van der Waals surface area contributed by atoms with E-state index >= 15 is 0 Å². The van der Waals surface area contributed by atoms with Crippen LogP contribution in [0.5, 0.6) is 0 Å². The van der Waals surface area contributed by atoms with E-state index in [1.165, 1.54) is 0 Å². The molecule has 3 nitrogen and oxygen atoms in total. The van der Waals surface area contributed by atoms with Crippen LogP contribution in [0.2, 0.25) is 0 Å². The third-order valence-electron chi connectivity index (χ3n) is 3.57. The fraction of sp³-hybridized carbons (Fsp3) is 0.438. The smallest absolute Gasteiger partial charge is 0.223 e. The Bertz CT molecular complexity index is 450. The maximum atomic E-state index is 11.9. The lowest BCUT2D eigenvalue weighted by Gasteiger charge is -2.19. The second kappa shape index (κ2) is 6.53.